The van der Waals surface area contributed by atoms with Gasteiger partial charge < -0.3 is 16.4 Å². The highest BCUT2D eigenvalue weighted by molar-refractivity contribution is 8.00. The second-order valence-electron chi connectivity index (χ2n) is 3.58. The van der Waals surface area contributed by atoms with Gasteiger partial charge in [0.15, 0.2) is 0 Å². The first-order valence-electron chi connectivity index (χ1n) is 5.45. The maximum absolute atomic E-state index is 11.8. The fraction of sp³-hybridized carbons (Fsp3) is 0.364. The van der Waals surface area contributed by atoms with Gasteiger partial charge in [0.2, 0.25) is 0 Å². The molecule has 0 unspecified atom stereocenters. The minimum atomic E-state index is -4.27. The number of rotatable bonds is 5. The predicted molar refractivity (Wildman–Crippen MR) is 77.1 cm³/mol. The monoisotopic (exact) mass is 329 g/mol. The highest BCUT2D eigenvalue weighted by Gasteiger charge is 2.27. The van der Waals surface area contributed by atoms with Crippen molar-refractivity contribution in [1.82, 2.24) is 5.32 Å². The first-order valence-corrected chi connectivity index (χ1v) is 6.44. The SMILES string of the molecule is Cl.NCc1cccc(NC(=O)NCCSC(F)(F)F)c1. The van der Waals surface area contributed by atoms with Crippen molar-refractivity contribution >= 4 is 35.9 Å². The molecule has 0 aromatic heterocycles. The van der Waals surface area contributed by atoms with Crippen LogP contribution >= 0.6 is 24.2 Å². The molecule has 0 bridgehead atoms. The largest absolute Gasteiger partial charge is 0.441 e. The number of benzene rings is 1. The molecule has 20 heavy (non-hydrogen) atoms. The molecule has 0 atom stereocenters. The van der Waals surface area contributed by atoms with Crippen LogP contribution < -0.4 is 16.4 Å². The molecule has 0 saturated heterocycles. The van der Waals surface area contributed by atoms with Crippen molar-refractivity contribution in [1.29, 1.82) is 0 Å². The number of halogens is 4. The summed E-state index contributed by atoms with van der Waals surface area (Å²) in [6, 6.07) is 6.37. The van der Waals surface area contributed by atoms with Crippen LogP contribution in [-0.4, -0.2) is 23.8 Å². The molecule has 114 valence electrons. The lowest BCUT2D eigenvalue weighted by atomic mass is 10.2. The first-order chi connectivity index (χ1) is 8.90. The summed E-state index contributed by atoms with van der Waals surface area (Å²) in [5.41, 5.74) is 2.58. The van der Waals surface area contributed by atoms with Gasteiger partial charge in [-0.15, -0.1) is 12.4 Å². The molecule has 9 heteroatoms. The molecule has 0 fully saturated rings. The van der Waals surface area contributed by atoms with Crippen molar-refractivity contribution in [2.45, 2.75) is 12.1 Å². The number of nitrogens with one attached hydrogen (secondary N) is 2. The van der Waals surface area contributed by atoms with E-state index in [-0.39, 0.29) is 36.5 Å². The summed E-state index contributed by atoms with van der Waals surface area (Å²) in [5.74, 6) is -0.222. The van der Waals surface area contributed by atoms with E-state index in [1.54, 1.807) is 18.2 Å². The number of amides is 2. The highest BCUT2D eigenvalue weighted by atomic mass is 35.5. The van der Waals surface area contributed by atoms with Crippen LogP contribution in [-0.2, 0) is 6.54 Å². The van der Waals surface area contributed by atoms with Gasteiger partial charge in [-0.25, -0.2) is 4.79 Å². The summed E-state index contributed by atoms with van der Waals surface area (Å²) >= 11 is -0.171. The number of nitrogens with two attached hydrogens (primary N) is 1. The summed E-state index contributed by atoms with van der Waals surface area (Å²) in [6.07, 6.45) is 0. The van der Waals surface area contributed by atoms with Gasteiger partial charge in [-0.1, -0.05) is 12.1 Å². The third kappa shape index (κ3) is 8.13. The lowest BCUT2D eigenvalue weighted by molar-refractivity contribution is -0.0327. The Bertz CT molecular complexity index is 432. The standard InChI is InChI=1S/C11H14F3N3OS.ClH/c12-11(13,14)19-5-4-16-10(18)17-9-3-1-2-8(6-9)7-15;/h1-3,6H,4-5,7,15H2,(H2,16,17,18);1H. The Hall–Kier alpha value is -1.12. The lowest BCUT2D eigenvalue weighted by Crippen LogP contribution is -2.31. The van der Waals surface area contributed by atoms with Crippen LogP contribution in [0.3, 0.4) is 0 Å². The molecule has 0 spiro atoms. The molecular formula is C11H15ClF3N3OS. The van der Waals surface area contributed by atoms with E-state index in [0.717, 1.165) is 5.56 Å². The van der Waals surface area contributed by atoms with Crippen LogP contribution in [0, 0.1) is 0 Å². The fourth-order valence-electron chi connectivity index (χ4n) is 1.28. The number of anilines is 1. The predicted octanol–water partition coefficient (Wildman–Crippen LogP) is 2.94. The van der Waals surface area contributed by atoms with Crippen molar-refractivity contribution < 1.29 is 18.0 Å². The second-order valence-corrected chi connectivity index (χ2v) is 4.74. The van der Waals surface area contributed by atoms with Crippen LogP contribution in [0.2, 0.25) is 0 Å². The van der Waals surface area contributed by atoms with E-state index in [9.17, 15) is 18.0 Å². The number of carbonyl (C=O) groups is 1. The summed E-state index contributed by atoms with van der Waals surface area (Å²) in [6.45, 7) is 0.284. The molecule has 0 saturated carbocycles. The molecule has 0 radical (unpaired) electrons. The highest BCUT2D eigenvalue weighted by Crippen LogP contribution is 2.29. The number of hydrogen-bond acceptors (Lipinski definition) is 3. The zero-order valence-corrected chi connectivity index (χ0v) is 12.0. The van der Waals surface area contributed by atoms with E-state index in [0.29, 0.717) is 12.2 Å². The van der Waals surface area contributed by atoms with Gasteiger partial charge in [-0.3, -0.25) is 0 Å². The van der Waals surface area contributed by atoms with Gasteiger partial charge in [0.05, 0.1) is 0 Å². The van der Waals surface area contributed by atoms with E-state index in [1.165, 1.54) is 0 Å². The number of thioether (sulfide) groups is 1. The van der Waals surface area contributed by atoms with Crippen molar-refractivity contribution in [3.8, 4) is 0 Å². The van der Waals surface area contributed by atoms with Gasteiger partial charge in [0, 0.05) is 24.5 Å². The second kappa shape index (κ2) is 8.93. The van der Waals surface area contributed by atoms with Crippen LogP contribution in [0.25, 0.3) is 0 Å². The molecule has 1 aromatic rings. The Morgan fingerprint density at radius 3 is 2.65 bits per heavy atom. The van der Waals surface area contributed by atoms with Crippen molar-refractivity contribution in [3.05, 3.63) is 29.8 Å². The summed E-state index contributed by atoms with van der Waals surface area (Å²) in [4.78, 5) is 11.4. The fourth-order valence-corrected chi connectivity index (χ4v) is 1.72. The minimum absolute atomic E-state index is 0. The third-order valence-electron chi connectivity index (χ3n) is 2.07. The average molecular weight is 330 g/mol. The van der Waals surface area contributed by atoms with Crippen molar-refractivity contribution in [2.24, 2.45) is 5.73 Å². The Labute approximate surface area is 125 Å². The number of alkyl halides is 3. The van der Waals surface area contributed by atoms with Crippen LogP contribution in [0.5, 0.6) is 0 Å². The summed E-state index contributed by atoms with van der Waals surface area (Å²) in [7, 11) is 0. The first kappa shape index (κ1) is 18.9. The van der Waals surface area contributed by atoms with Gasteiger partial charge in [-0.05, 0) is 29.5 Å². The quantitative estimate of drug-likeness (QED) is 0.728. The van der Waals surface area contributed by atoms with Gasteiger partial charge in [0.25, 0.3) is 0 Å². The maximum atomic E-state index is 11.8. The van der Waals surface area contributed by atoms with E-state index < -0.39 is 11.5 Å². The zero-order chi connectivity index (χ0) is 14.3. The minimum Gasteiger partial charge on any atom is -0.337 e. The molecule has 1 aromatic carbocycles. The molecule has 0 aliphatic rings. The molecule has 4 nitrogen and oxygen atoms in total. The van der Waals surface area contributed by atoms with Crippen LogP contribution in [0.15, 0.2) is 24.3 Å². The zero-order valence-electron chi connectivity index (χ0n) is 10.4. The Kier molecular flexibility index (Phi) is 8.43. The van der Waals surface area contributed by atoms with Gasteiger partial charge in [0.1, 0.15) is 0 Å². The van der Waals surface area contributed by atoms with E-state index >= 15 is 0 Å². The molecule has 0 aliphatic heterocycles. The molecule has 0 aliphatic carbocycles. The van der Waals surface area contributed by atoms with Gasteiger partial charge in [-0.2, -0.15) is 13.2 Å². The molecular weight excluding hydrogens is 315 g/mol. The Balaban J connectivity index is 0.00000361. The maximum Gasteiger partial charge on any atom is 0.441 e. The van der Waals surface area contributed by atoms with Crippen LogP contribution in [0.1, 0.15) is 5.56 Å². The van der Waals surface area contributed by atoms with Crippen LogP contribution in [0.4, 0.5) is 23.7 Å². The topological polar surface area (TPSA) is 67.1 Å². The number of hydrogen-bond donors (Lipinski definition) is 3. The Morgan fingerprint density at radius 1 is 1.35 bits per heavy atom. The lowest BCUT2D eigenvalue weighted by Gasteiger charge is -2.09. The number of urea groups is 1. The van der Waals surface area contributed by atoms with Gasteiger partial charge >= 0.3 is 11.5 Å². The van der Waals surface area contributed by atoms with Crippen molar-refractivity contribution in [2.75, 3.05) is 17.6 Å². The third-order valence-corrected chi connectivity index (χ3v) is 2.81. The van der Waals surface area contributed by atoms with Crippen molar-refractivity contribution in [3.63, 3.8) is 0 Å². The average Bonchev–Trinajstić information content (AvgIpc) is 2.34. The Morgan fingerprint density at radius 2 is 2.05 bits per heavy atom. The summed E-state index contributed by atoms with van der Waals surface area (Å²) < 4.78 is 35.5. The van der Waals surface area contributed by atoms with E-state index in [2.05, 4.69) is 10.6 Å². The van der Waals surface area contributed by atoms with E-state index in [1.807, 2.05) is 6.07 Å². The molecule has 1 rings (SSSR count). The number of carbonyl (C=O) groups excluding carboxylic acids is 1. The smallest absolute Gasteiger partial charge is 0.337 e. The summed E-state index contributed by atoms with van der Waals surface area (Å²) in [5, 5.41) is 4.86. The normalized spacial score (nSPS) is 10.6. The molecule has 4 N–H and O–H groups in total. The molecule has 2 amide bonds. The molecule has 0 heterocycles. The van der Waals surface area contributed by atoms with E-state index in [4.69, 9.17) is 5.73 Å².